The highest BCUT2D eigenvalue weighted by atomic mass is 15.0. The Balaban J connectivity index is 0.00000128. The molecule has 1 aromatic carbocycles. The summed E-state index contributed by atoms with van der Waals surface area (Å²) < 4.78 is 0. The molecule has 0 saturated heterocycles. The number of anilines is 1. The van der Waals surface area contributed by atoms with Gasteiger partial charge in [-0.2, -0.15) is 0 Å². The number of aromatic nitrogens is 1. The summed E-state index contributed by atoms with van der Waals surface area (Å²) >= 11 is 0. The van der Waals surface area contributed by atoms with Gasteiger partial charge in [-0.3, -0.25) is 4.98 Å². The fourth-order valence-electron chi connectivity index (χ4n) is 1.61. The molecule has 0 saturated carbocycles. The zero-order chi connectivity index (χ0) is 10.9. The first-order valence-corrected chi connectivity index (χ1v) is 5.18. The SMILES string of the molecule is C.CC(C)(C)Nc1cccc2cccnc12. The molecule has 0 unspecified atom stereocenters. The number of hydrogen-bond acceptors (Lipinski definition) is 2. The van der Waals surface area contributed by atoms with Crippen molar-refractivity contribution in [2.75, 3.05) is 5.32 Å². The second-order valence-electron chi connectivity index (χ2n) is 4.76. The highest BCUT2D eigenvalue weighted by Crippen LogP contribution is 2.23. The normalized spacial score (nSPS) is 10.9. The summed E-state index contributed by atoms with van der Waals surface area (Å²) in [6.45, 7) is 6.44. The Bertz CT molecular complexity index is 464. The molecular formula is C14H20N2. The predicted octanol–water partition coefficient (Wildman–Crippen LogP) is 4.08. The van der Waals surface area contributed by atoms with Gasteiger partial charge in [0.25, 0.3) is 0 Å². The standard InChI is InChI=1S/C13H16N2.CH4/c1-13(2,3)15-11-8-4-6-10-7-5-9-14-12(10)11;/h4-9,15H,1-3H3;1H4. The first kappa shape index (κ1) is 12.5. The highest BCUT2D eigenvalue weighted by Gasteiger charge is 2.11. The minimum absolute atomic E-state index is 0. The maximum atomic E-state index is 4.40. The number of rotatable bonds is 1. The molecule has 0 spiro atoms. The quantitative estimate of drug-likeness (QED) is 0.777. The largest absolute Gasteiger partial charge is 0.379 e. The van der Waals surface area contributed by atoms with Crippen LogP contribution in [0.4, 0.5) is 5.69 Å². The first-order chi connectivity index (χ1) is 7.06. The van der Waals surface area contributed by atoms with E-state index >= 15 is 0 Å². The van der Waals surface area contributed by atoms with Crippen molar-refractivity contribution in [1.82, 2.24) is 4.98 Å². The summed E-state index contributed by atoms with van der Waals surface area (Å²) in [7, 11) is 0. The Kier molecular flexibility index (Phi) is 3.53. The summed E-state index contributed by atoms with van der Waals surface area (Å²) in [6, 6.07) is 10.2. The van der Waals surface area contributed by atoms with Gasteiger partial charge in [0.1, 0.15) is 0 Å². The Morgan fingerprint density at radius 3 is 2.44 bits per heavy atom. The second-order valence-corrected chi connectivity index (χ2v) is 4.76. The van der Waals surface area contributed by atoms with Crippen LogP contribution in [0.3, 0.4) is 0 Å². The Hall–Kier alpha value is -1.57. The molecule has 0 bridgehead atoms. The molecule has 1 N–H and O–H groups in total. The third-order valence-electron chi connectivity index (χ3n) is 2.14. The van der Waals surface area contributed by atoms with Crippen LogP contribution in [-0.4, -0.2) is 10.5 Å². The third-order valence-corrected chi connectivity index (χ3v) is 2.14. The van der Waals surface area contributed by atoms with Crippen LogP contribution < -0.4 is 5.32 Å². The van der Waals surface area contributed by atoms with E-state index in [0.717, 1.165) is 11.2 Å². The van der Waals surface area contributed by atoms with Crippen molar-refractivity contribution in [3.63, 3.8) is 0 Å². The molecule has 2 nitrogen and oxygen atoms in total. The molecule has 0 fully saturated rings. The van der Waals surface area contributed by atoms with Crippen molar-refractivity contribution in [2.24, 2.45) is 0 Å². The minimum atomic E-state index is 0. The number of hydrogen-bond donors (Lipinski definition) is 1. The van der Waals surface area contributed by atoms with Crippen molar-refractivity contribution in [2.45, 2.75) is 33.7 Å². The van der Waals surface area contributed by atoms with Gasteiger partial charge >= 0.3 is 0 Å². The van der Waals surface area contributed by atoms with E-state index in [-0.39, 0.29) is 13.0 Å². The van der Waals surface area contributed by atoms with Crippen molar-refractivity contribution >= 4 is 16.6 Å². The summed E-state index contributed by atoms with van der Waals surface area (Å²) in [5, 5.41) is 4.63. The van der Waals surface area contributed by atoms with E-state index in [2.05, 4.69) is 55.3 Å². The zero-order valence-electron chi connectivity index (χ0n) is 9.41. The molecule has 1 heterocycles. The lowest BCUT2D eigenvalue weighted by atomic mass is 10.1. The topological polar surface area (TPSA) is 24.9 Å². The number of nitrogens with zero attached hydrogens (tertiary/aromatic N) is 1. The number of para-hydroxylation sites is 1. The molecule has 0 atom stereocenters. The van der Waals surface area contributed by atoms with Crippen LogP contribution in [0.2, 0.25) is 0 Å². The van der Waals surface area contributed by atoms with Crippen molar-refractivity contribution < 1.29 is 0 Å². The Labute approximate surface area is 97.7 Å². The average molecular weight is 216 g/mol. The molecular weight excluding hydrogens is 196 g/mol. The lowest BCUT2D eigenvalue weighted by molar-refractivity contribution is 0.635. The maximum absolute atomic E-state index is 4.40. The lowest BCUT2D eigenvalue weighted by Crippen LogP contribution is -2.26. The number of fused-ring (bicyclic) bond motifs is 1. The molecule has 1 aromatic heterocycles. The summed E-state index contributed by atoms with van der Waals surface area (Å²) in [4.78, 5) is 4.40. The molecule has 2 rings (SSSR count). The van der Waals surface area contributed by atoms with Crippen molar-refractivity contribution in [3.05, 3.63) is 36.5 Å². The summed E-state index contributed by atoms with van der Waals surface area (Å²) in [5.41, 5.74) is 2.20. The third kappa shape index (κ3) is 2.72. The van der Waals surface area contributed by atoms with E-state index in [1.165, 1.54) is 5.39 Å². The molecule has 0 radical (unpaired) electrons. The fourth-order valence-corrected chi connectivity index (χ4v) is 1.61. The Morgan fingerprint density at radius 1 is 1.06 bits per heavy atom. The van der Waals surface area contributed by atoms with Crippen LogP contribution in [0.1, 0.15) is 28.2 Å². The van der Waals surface area contributed by atoms with Crippen LogP contribution in [0.15, 0.2) is 36.5 Å². The minimum Gasteiger partial charge on any atom is -0.379 e. The number of pyridine rings is 1. The summed E-state index contributed by atoms with van der Waals surface area (Å²) in [5.74, 6) is 0. The van der Waals surface area contributed by atoms with Crippen molar-refractivity contribution in [3.8, 4) is 0 Å². The molecule has 86 valence electrons. The van der Waals surface area contributed by atoms with Gasteiger partial charge in [0.2, 0.25) is 0 Å². The zero-order valence-corrected chi connectivity index (χ0v) is 9.41. The molecule has 2 heteroatoms. The monoisotopic (exact) mass is 216 g/mol. The van der Waals surface area contributed by atoms with E-state index in [9.17, 15) is 0 Å². The molecule has 16 heavy (non-hydrogen) atoms. The van der Waals surface area contributed by atoms with Gasteiger partial charge in [0, 0.05) is 17.1 Å². The van der Waals surface area contributed by atoms with Crippen LogP contribution in [0, 0.1) is 0 Å². The van der Waals surface area contributed by atoms with Crippen molar-refractivity contribution in [1.29, 1.82) is 0 Å². The van der Waals surface area contributed by atoms with E-state index < -0.39 is 0 Å². The molecule has 0 aliphatic rings. The lowest BCUT2D eigenvalue weighted by Gasteiger charge is -2.22. The van der Waals surface area contributed by atoms with Crippen LogP contribution >= 0.6 is 0 Å². The van der Waals surface area contributed by atoms with E-state index in [0.29, 0.717) is 0 Å². The van der Waals surface area contributed by atoms with Gasteiger partial charge < -0.3 is 5.32 Å². The van der Waals surface area contributed by atoms with Crippen LogP contribution in [0.5, 0.6) is 0 Å². The highest BCUT2D eigenvalue weighted by molar-refractivity contribution is 5.90. The van der Waals surface area contributed by atoms with Gasteiger partial charge in [-0.1, -0.05) is 25.6 Å². The van der Waals surface area contributed by atoms with Gasteiger partial charge in [-0.05, 0) is 32.9 Å². The fraction of sp³-hybridized carbons (Fsp3) is 0.357. The summed E-state index contributed by atoms with van der Waals surface area (Å²) in [6.07, 6.45) is 1.83. The van der Waals surface area contributed by atoms with E-state index in [4.69, 9.17) is 0 Å². The van der Waals surface area contributed by atoms with Gasteiger partial charge in [0.05, 0.1) is 11.2 Å². The van der Waals surface area contributed by atoms with Gasteiger partial charge in [-0.25, -0.2) is 0 Å². The van der Waals surface area contributed by atoms with E-state index in [1.54, 1.807) is 0 Å². The Morgan fingerprint density at radius 2 is 1.75 bits per heavy atom. The van der Waals surface area contributed by atoms with Gasteiger partial charge in [0.15, 0.2) is 0 Å². The van der Waals surface area contributed by atoms with E-state index in [1.807, 2.05) is 12.3 Å². The first-order valence-electron chi connectivity index (χ1n) is 5.18. The number of benzene rings is 1. The molecule has 0 aliphatic heterocycles. The average Bonchev–Trinajstić information content (AvgIpc) is 2.16. The van der Waals surface area contributed by atoms with Crippen LogP contribution in [-0.2, 0) is 0 Å². The smallest absolute Gasteiger partial charge is 0.0933 e. The molecule has 0 aliphatic carbocycles. The van der Waals surface area contributed by atoms with Crippen LogP contribution in [0.25, 0.3) is 10.9 Å². The molecule has 2 aromatic rings. The second kappa shape index (κ2) is 4.52. The molecule has 0 amide bonds. The predicted molar refractivity (Wildman–Crippen MR) is 71.8 cm³/mol. The number of nitrogens with one attached hydrogen (secondary N) is 1. The maximum Gasteiger partial charge on any atom is 0.0933 e. The van der Waals surface area contributed by atoms with Gasteiger partial charge in [-0.15, -0.1) is 0 Å².